The van der Waals surface area contributed by atoms with E-state index in [-0.39, 0.29) is 5.75 Å². The summed E-state index contributed by atoms with van der Waals surface area (Å²) in [7, 11) is 0. The van der Waals surface area contributed by atoms with Gasteiger partial charge in [0.05, 0.1) is 5.92 Å². The minimum Gasteiger partial charge on any atom is -0.508 e. The minimum absolute atomic E-state index is 0.0154. The summed E-state index contributed by atoms with van der Waals surface area (Å²) >= 11 is 0. The quantitative estimate of drug-likeness (QED) is 0.603. The standard InChI is InChI=1S/C24H25NO3/c1-17-13-21(18(2)24(27)28)23(26)14-22(17)25(15-19-9-5-3-6-10-19)16-20-11-7-4-8-12-20/h3-14,18,26H,15-16H2,1-2H3,(H,27,28). The third-order valence-electron chi connectivity index (χ3n) is 4.96. The summed E-state index contributed by atoms with van der Waals surface area (Å²) < 4.78 is 0. The number of rotatable bonds is 7. The summed E-state index contributed by atoms with van der Waals surface area (Å²) in [6.45, 7) is 4.91. The van der Waals surface area contributed by atoms with E-state index in [1.807, 2.05) is 43.3 Å². The second kappa shape index (κ2) is 8.61. The van der Waals surface area contributed by atoms with Crippen molar-refractivity contribution >= 4 is 11.7 Å². The molecular formula is C24H25NO3. The van der Waals surface area contributed by atoms with Gasteiger partial charge in [-0.3, -0.25) is 4.79 Å². The van der Waals surface area contributed by atoms with Crippen LogP contribution in [0.2, 0.25) is 0 Å². The average molecular weight is 375 g/mol. The van der Waals surface area contributed by atoms with Crippen molar-refractivity contribution < 1.29 is 15.0 Å². The molecule has 0 aromatic heterocycles. The maximum Gasteiger partial charge on any atom is 0.310 e. The number of carboxylic acids is 1. The van der Waals surface area contributed by atoms with E-state index in [1.165, 1.54) is 11.1 Å². The minimum atomic E-state index is -0.951. The molecule has 0 saturated carbocycles. The van der Waals surface area contributed by atoms with E-state index in [0.717, 1.165) is 11.3 Å². The number of hydrogen-bond donors (Lipinski definition) is 2. The molecule has 0 aliphatic rings. The molecule has 3 aromatic carbocycles. The molecule has 0 radical (unpaired) electrons. The van der Waals surface area contributed by atoms with E-state index in [9.17, 15) is 15.0 Å². The molecule has 2 N–H and O–H groups in total. The third kappa shape index (κ3) is 4.52. The number of benzene rings is 3. The van der Waals surface area contributed by atoms with Crippen LogP contribution in [0.15, 0.2) is 72.8 Å². The van der Waals surface area contributed by atoms with Crippen LogP contribution in [0.25, 0.3) is 0 Å². The van der Waals surface area contributed by atoms with Crippen LogP contribution >= 0.6 is 0 Å². The third-order valence-corrected chi connectivity index (χ3v) is 4.96. The molecule has 3 rings (SSSR count). The lowest BCUT2D eigenvalue weighted by atomic mass is 9.96. The zero-order valence-corrected chi connectivity index (χ0v) is 16.2. The Morgan fingerprint density at radius 1 is 0.929 bits per heavy atom. The summed E-state index contributed by atoms with van der Waals surface area (Å²) in [5.74, 6) is -1.70. The zero-order valence-electron chi connectivity index (χ0n) is 16.2. The molecule has 1 atom stereocenters. The molecule has 0 spiro atoms. The van der Waals surface area contributed by atoms with Crippen LogP contribution in [0.3, 0.4) is 0 Å². The topological polar surface area (TPSA) is 60.8 Å². The summed E-state index contributed by atoms with van der Waals surface area (Å²) in [5, 5.41) is 19.8. The Labute approximate surface area is 165 Å². The number of anilines is 1. The highest BCUT2D eigenvalue weighted by Gasteiger charge is 2.21. The number of aromatic hydroxyl groups is 1. The number of carbonyl (C=O) groups is 1. The van der Waals surface area contributed by atoms with Crippen LogP contribution in [0, 0.1) is 6.92 Å². The fraction of sp³-hybridized carbons (Fsp3) is 0.208. The van der Waals surface area contributed by atoms with E-state index < -0.39 is 11.9 Å². The number of phenols is 1. The molecule has 0 fully saturated rings. The first-order valence-corrected chi connectivity index (χ1v) is 9.35. The number of aryl methyl sites for hydroxylation is 1. The lowest BCUT2D eigenvalue weighted by Gasteiger charge is -2.28. The SMILES string of the molecule is Cc1cc(C(C)C(=O)O)c(O)cc1N(Cc1ccccc1)Cc1ccccc1. The second-order valence-electron chi connectivity index (χ2n) is 7.08. The Balaban J connectivity index is 1.99. The van der Waals surface area contributed by atoms with Gasteiger partial charge in [-0.05, 0) is 36.6 Å². The number of nitrogens with zero attached hydrogens (tertiary/aromatic N) is 1. The highest BCUT2D eigenvalue weighted by Crippen LogP contribution is 2.34. The molecule has 0 bridgehead atoms. The monoisotopic (exact) mass is 375 g/mol. The van der Waals surface area contributed by atoms with Crippen LogP contribution in [0.1, 0.15) is 35.1 Å². The van der Waals surface area contributed by atoms with Gasteiger partial charge < -0.3 is 15.1 Å². The molecule has 3 aromatic rings. The van der Waals surface area contributed by atoms with E-state index in [0.29, 0.717) is 18.7 Å². The normalized spacial score (nSPS) is 11.8. The largest absolute Gasteiger partial charge is 0.508 e. The van der Waals surface area contributed by atoms with Crippen LogP contribution < -0.4 is 4.90 Å². The number of hydrogen-bond acceptors (Lipinski definition) is 3. The smallest absolute Gasteiger partial charge is 0.310 e. The van der Waals surface area contributed by atoms with Crippen molar-refractivity contribution in [3.8, 4) is 5.75 Å². The van der Waals surface area contributed by atoms with Crippen molar-refractivity contribution in [2.45, 2.75) is 32.9 Å². The molecule has 0 aliphatic heterocycles. The van der Waals surface area contributed by atoms with Gasteiger partial charge in [-0.2, -0.15) is 0 Å². The summed E-state index contributed by atoms with van der Waals surface area (Å²) in [4.78, 5) is 13.5. The van der Waals surface area contributed by atoms with Crippen molar-refractivity contribution in [3.63, 3.8) is 0 Å². The van der Waals surface area contributed by atoms with Gasteiger partial charge in [-0.15, -0.1) is 0 Å². The van der Waals surface area contributed by atoms with Crippen LogP contribution in [-0.2, 0) is 17.9 Å². The molecule has 0 aliphatic carbocycles. The highest BCUT2D eigenvalue weighted by atomic mass is 16.4. The second-order valence-corrected chi connectivity index (χ2v) is 7.08. The molecule has 0 heterocycles. The highest BCUT2D eigenvalue weighted by molar-refractivity contribution is 5.77. The molecule has 144 valence electrons. The molecular weight excluding hydrogens is 350 g/mol. The lowest BCUT2D eigenvalue weighted by Crippen LogP contribution is -2.23. The van der Waals surface area contributed by atoms with E-state index in [1.54, 1.807) is 19.1 Å². The Kier molecular flexibility index (Phi) is 5.99. The first kappa shape index (κ1) is 19.5. The molecule has 1 unspecified atom stereocenters. The Bertz CT molecular complexity index is 897. The van der Waals surface area contributed by atoms with Gasteiger partial charge in [0, 0.05) is 30.4 Å². The van der Waals surface area contributed by atoms with Crippen molar-refractivity contribution in [2.75, 3.05) is 4.90 Å². The summed E-state index contributed by atoms with van der Waals surface area (Å²) in [6.07, 6.45) is 0. The Hall–Kier alpha value is -3.27. The number of aliphatic carboxylic acids is 1. The summed E-state index contributed by atoms with van der Waals surface area (Å²) in [5.41, 5.74) is 4.60. The van der Waals surface area contributed by atoms with Gasteiger partial charge in [0.25, 0.3) is 0 Å². The average Bonchev–Trinajstić information content (AvgIpc) is 2.70. The first-order valence-electron chi connectivity index (χ1n) is 9.35. The van der Waals surface area contributed by atoms with Crippen molar-refractivity contribution in [3.05, 3.63) is 95.1 Å². The molecule has 0 saturated heterocycles. The predicted octanol–water partition coefficient (Wildman–Crippen LogP) is 5.10. The predicted molar refractivity (Wildman–Crippen MR) is 112 cm³/mol. The van der Waals surface area contributed by atoms with Crippen molar-refractivity contribution in [2.24, 2.45) is 0 Å². The van der Waals surface area contributed by atoms with Gasteiger partial charge in [-0.1, -0.05) is 60.7 Å². The van der Waals surface area contributed by atoms with Crippen molar-refractivity contribution in [1.29, 1.82) is 0 Å². The fourth-order valence-electron chi connectivity index (χ4n) is 3.36. The lowest BCUT2D eigenvalue weighted by molar-refractivity contribution is -0.138. The van der Waals surface area contributed by atoms with Gasteiger partial charge in [0.1, 0.15) is 5.75 Å². The zero-order chi connectivity index (χ0) is 20.1. The van der Waals surface area contributed by atoms with Crippen LogP contribution in [0.4, 0.5) is 5.69 Å². The van der Waals surface area contributed by atoms with Crippen LogP contribution in [0.5, 0.6) is 5.75 Å². The van der Waals surface area contributed by atoms with Gasteiger partial charge in [0.2, 0.25) is 0 Å². The van der Waals surface area contributed by atoms with Crippen molar-refractivity contribution in [1.82, 2.24) is 0 Å². The Morgan fingerprint density at radius 2 is 1.43 bits per heavy atom. The molecule has 4 nitrogen and oxygen atoms in total. The first-order chi connectivity index (χ1) is 13.5. The van der Waals surface area contributed by atoms with E-state index in [4.69, 9.17) is 0 Å². The maximum atomic E-state index is 11.3. The van der Waals surface area contributed by atoms with Gasteiger partial charge >= 0.3 is 5.97 Å². The van der Waals surface area contributed by atoms with E-state index >= 15 is 0 Å². The fourth-order valence-corrected chi connectivity index (χ4v) is 3.36. The molecule has 4 heteroatoms. The van der Waals surface area contributed by atoms with Gasteiger partial charge in [-0.25, -0.2) is 0 Å². The summed E-state index contributed by atoms with van der Waals surface area (Å²) in [6, 6.07) is 23.8. The van der Waals surface area contributed by atoms with E-state index in [2.05, 4.69) is 29.2 Å². The van der Waals surface area contributed by atoms with Crippen LogP contribution in [-0.4, -0.2) is 16.2 Å². The molecule has 0 amide bonds. The number of carboxylic acid groups (broad SMARTS) is 1. The number of phenolic OH excluding ortho intramolecular Hbond substituents is 1. The maximum absolute atomic E-state index is 11.3. The Morgan fingerprint density at radius 3 is 1.89 bits per heavy atom. The van der Waals surface area contributed by atoms with Gasteiger partial charge in [0.15, 0.2) is 0 Å². The molecule has 28 heavy (non-hydrogen) atoms.